The summed E-state index contributed by atoms with van der Waals surface area (Å²) in [5.41, 5.74) is -1.51. The van der Waals surface area contributed by atoms with E-state index < -0.39 is 11.5 Å². The second-order valence-electron chi connectivity index (χ2n) is 6.28. The van der Waals surface area contributed by atoms with Gasteiger partial charge >= 0.3 is 0 Å². The molecule has 5 nitrogen and oxygen atoms in total. The van der Waals surface area contributed by atoms with Crippen molar-refractivity contribution in [2.24, 2.45) is 5.92 Å². The number of unbranched alkanes of at least 4 members (excludes halogenated alkanes) is 5. The lowest BCUT2D eigenvalue weighted by Gasteiger charge is -2.28. The zero-order chi connectivity index (χ0) is 16.6. The summed E-state index contributed by atoms with van der Waals surface area (Å²) in [5.74, 6) is -0.635. The Morgan fingerprint density at radius 1 is 1.23 bits per heavy atom. The molecule has 0 amide bonds. The van der Waals surface area contributed by atoms with Gasteiger partial charge < -0.3 is 20.1 Å². The van der Waals surface area contributed by atoms with Gasteiger partial charge in [0.15, 0.2) is 5.78 Å². The van der Waals surface area contributed by atoms with Crippen molar-refractivity contribution in [3.8, 4) is 0 Å². The molecule has 0 spiro atoms. The molecule has 0 aliphatic heterocycles. The van der Waals surface area contributed by atoms with Gasteiger partial charge in [0.1, 0.15) is 11.4 Å². The van der Waals surface area contributed by atoms with Crippen molar-refractivity contribution in [2.45, 2.75) is 70.0 Å². The third-order valence-corrected chi connectivity index (χ3v) is 4.47. The maximum absolute atomic E-state index is 12.0. The largest absolute Gasteiger partial charge is 0.500 e. The van der Waals surface area contributed by atoms with Gasteiger partial charge in [-0.3, -0.25) is 4.79 Å². The number of hydrogen-bond acceptors (Lipinski definition) is 5. The molecule has 0 aromatic rings. The Morgan fingerprint density at radius 2 is 1.82 bits per heavy atom. The molecular weight excluding hydrogens is 284 g/mol. The summed E-state index contributed by atoms with van der Waals surface area (Å²) < 4.78 is 5.07. The molecule has 128 valence electrons. The molecule has 0 radical (unpaired) electrons. The Bertz CT molecular complexity index is 377. The molecule has 0 aromatic carbocycles. The predicted octanol–water partition coefficient (Wildman–Crippen LogP) is 1.94. The average Bonchev–Trinajstić information content (AvgIpc) is 2.72. The standard InChI is InChI=1S/C17H30O5/c1-13(19)9-7-5-3-4-6-8-10-17(21)14(12-18)15(22-2)11-16(17)20/h11,13-14,18-19,21H,3-10,12H2,1-2H3/t13-,14-,17-/m1/s1. The minimum Gasteiger partial charge on any atom is -0.500 e. The molecule has 1 aliphatic rings. The SMILES string of the molecule is COC1=CC(=O)[C@@](O)(CCCCCCCC[C@@H](C)O)[C@@H]1CO. The average molecular weight is 314 g/mol. The second kappa shape index (κ2) is 9.28. The van der Waals surface area contributed by atoms with Crippen LogP contribution in [-0.4, -0.2) is 46.5 Å². The van der Waals surface area contributed by atoms with Crippen LogP contribution >= 0.6 is 0 Å². The normalized spacial score (nSPS) is 26.1. The number of ether oxygens (including phenoxy) is 1. The van der Waals surface area contributed by atoms with Crippen molar-refractivity contribution in [3.63, 3.8) is 0 Å². The number of hydrogen-bond donors (Lipinski definition) is 3. The minimum absolute atomic E-state index is 0.222. The fourth-order valence-corrected chi connectivity index (χ4v) is 3.04. The van der Waals surface area contributed by atoms with Crippen LogP contribution in [0, 0.1) is 5.92 Å². The molecule has 1 aliphatic carbocycles. The van der Waals surface area contributed by atoms with Crippen LogP contribution in [0.4, 0.5) is 0 Å². The van der Waals surface area contributed by atoms with Crippen LogP contribution in [-0.2, 0) is 9.53 Å². The lowest BCUT2D eigenvalue weighted by Crippen LogP contribution is -2.43. The van der Waals surface area contributed by atoms with Gasteiger partial charge in [-0.15, -0.1) is 0 Å². The fourth-order valence-electron chi connectivity index (χ4n) is 3.04. The van der Waals surface area contributed by atoms with Gasteiger partial charge in [0.25, 0.3) is 0 Å². The maximum Gasteiger partial charge on any atom is 0.191 e. The highest BCUT2D eigenvalue weighted by Crippen LogP contribution is 2.37. The zero-order valence-electron chi connectivity index (χ0n) is 13.8. The first-order valence-electron chi connectivity index (χ1n) is 8.27. The molecule has 0 heterocycles. The van der Waals surface area contributed by atoms with Crippen LogP contribution < -0.4 is 0 Å². The van der Waals surface area contributed by atoms with Gasteiger partial charge in [0.05, 0.1) is 25.7 Å². The van der Waals surface area contributed by atoms with E-state index in [2.05, 4.69) is 0 Å². The summed E-state index contributed by atoms with van der Waals surface area (Å²) >= 11 is 0. The van der Waals surface area contributed by atoms with E-state index in [4.69, 9.17) is 9.84 Å². The number of aliphatic hydroxyl groups is 3. The van der Waals surface area contributed by atoms with E-state index in [1.54, 1.807) is 6.92 Å². The maximum atomic E-state index is 12.0. The van der Waals surface area contributed by atoms with Crippen LogP contribution in [0.25, 0.3) is 0 Å². The Labute approximate surface area is 133 Å². The van der Waals surface area contributed by atoms with Gasteiger partial charge in [0.2, 0.25) is 0 Å². The number of methoxy groups -OCH3 is 1. The van der Waals surface area contributed by atoms with Crippen molar-refractivity contribution in [1.82, 2.24) is 0 Å². The van der Waals surface area contributed by atoms with Crippen LogP contribution in [0.2, 0.25) is 0 Å². The third-order valence-electron chi connectivity index (χ3n) is 4.47. The molecule has 0 bridgehead atoms. The summed E-state index contributed by atoms with van der Waals surface area (Å²) in [7, 11) is 1.45. The second-order valence-corrected chi connectivity index (χ2v) is 6.28. The molecule has 0 saturated heterocycles. The summed E-state index contributed by atoms with van der Waals surface area (Å²) in [6.45, 7) is 1.51. The summed E-state index contributed by atoms with van der Waals surface area (Å²) in [4.78, 5) is 12.0. The quantitative estimate of drug-likeness (QED) is 0.507. The Morgan fingerprint density at radius 3 is 2.36 bits per heavy atom. The number of aliphatic hydroxyl groups excluding tert-OH is 2. The van der Waals surface area contributed by atoms with E-state index >= 15 is 0 Å². The minimum atomic E-state index is -1.51. The van der Waals surface area contributed by atoms with Crippen LogP contribution in [0.5, 0.6) is 0 Å². The number of rotatable bonds is 11. The molecule has 3 N–H and O–H groups in total. The Balaban J connectivity index is 2.25. The molecule has 3 atom stereocenters. The fraction of sp³-hybridized carbons (Fsp3) is 0.824. The van der Waals surface area contributed by atoms with E-state index in [1.165, 1.54) is 13.2 Å². The monoisotopic (exact) mass is 314 g/mol. The number of ketones is 1. The highest BCUT2D eigenvalue weighted by atomic mass is 16.5. The highest BCUT2D eigenvalue weighted by Gasteiger charge is 2.49. The van der Waals surface area contributed by atoms with Crippen molar-refractivity contribution in [3.05, 3.63) is 11.8 Å². The van der Waals surface area contributed by atoms with E-state index in [0.717, 1.165) is 44.9 Å². The lowest BCUT2D eigenvalue weighted by atomic mass is 9.84. The van der Waals surface area contributed by atoms with E-state index in [1.807, 2.05) is 0 Å². The molecule has 0 unspecified atom stereocenters. The van der Waals surface area contributed by atoms with E-state index in [0.29, 0.717) is 12.2 Å². The molecule has 22 heavy (non-hydrogen) atoms. The highest BCUT2D eigenvalue weighted by molar-refractivity contribution is 6.00. The van der Waals surface area contributed by atoms with Gasteiger partial charge in [-0.25, -0.2) is 0 Å². The molecule has 0 saturated carbocycles. The van der Waals surface area contributed by atoms with Crippen molar-refractivity contribution in [2.75, 3.05) is 13.7 Å². The molecule has 0 aromatic heterocycles. The van der Waals surface area contributed by atoms with Crippen molar-refractivity contribution >= 4 is 5.78 Å². The van der Waals surface area contributed by atoms with Crippen LogP contribution in [0.15, 0.2) is 11.8 Å². The van der Waals surface area contributed by atoms with Gasteiger partial charge in [0, 0.05) is 6.08 Å². The first kappa shape index (κ1) is 19.1. The topological polar surface area (TPSA) is 87.0 Å². The van der Waals surface area contributed by atoms with Crippen LogP contribution in [0.1, 0.15) is 58.3 Å². The number of carbonyl (C=O) groups is 1. The third kappa shape index (κ3) is 5.07. The summed E-state index contributed by atoms with van der Waals surface area (Å²) in [5, 5.41) is 29.1. The molecular formula is C17H30O5. The molecule has 0 fully saturated rings. The molecule has 1 rings (SSSR count). The van der Waals surface area contributed by atoms with Gasteiger partial charge in [-0.2, -0.15) is 0 Å². The zero-order valence-corrected chi connectivity index (χ0v) is 13.8. The molecule has 5 heteroatoms. The summed E-state index contributed by atoms with van der Waals surface area (Å²) in [6, 6.07) is 0. The lowest BCUT2D eigenvalue weighted by molar-refractivity contribution is -0.137. The first-order valence-corrected chi connectivity index (χ1v) is 8.27. The van der Waals surface area contributed by atoms with Crippen molar-refractivity contribution < 1.29 is 24.9 Å². The van der Waals surface area contributed by atoms with E-state index in [-0.39, 0.29) is 18.5 Å². The smallest absolute Gasteiger partial charge is 0.191 e. The number of carbonyl (C=O) groups excluding carboxylic acids is 1. The van der Waals surface area contributed by atoms with Crippen molar-refractivity contribution in [1.29, 1.82) is 0 Å². The Kier molecular flexibility index (Phi) is 8.07. The Hall–Kier alpha value is -0.910. The first-order chi connectivity index (χ1) is 10.5. The van der Waals surface area contributed by atoms with E-state index in [9.17, 15) is 15.0 Å². The van der Waals surface area contributed by atoms with Gasteiger partial charge in [-0.05, 0) is 19.8 Å². The summed E-state index contributed by atoms with van der Waals surface area (Å²) in [6.07, 6.45) is 8.27. The predicted molar refractivity (Wildman–Crippen MR) is 84.2 cm³/mol. The van der Waals surface area contributed by atoms with Gasteiger partial charge in [-0.1, -0.05) is 38.5 Å². The van der Waals surface area contributed by atoms with Crippen LogP contribution in [0.3, 0.4) is 0 Å².